The predicted molar refractivity (Wildman–Crippen MR) is 131 cm³/mol. The van der Waals surface area contributed by atoms with Crippen molar-refractivity contribution in [2.24, 2.45) is 11.8 Å². The van der Waals surface area contributed by atoms with E-state index >= 15 is 0 Å². The zero-order valence-electron chi connectivity index (χ0n) is 20.5. The van der Waals surface area contributed by atoms with E-state index in [1.807, 2.05) is 43.0 Å². The van der Waals surface area contributed by atoms with Gasteiger partial charge in [0.15, 0.2) is 12.3 Å². The number of amides is 2. The number of hydrogen-bond donors (Lipinski definition) is 1. The van der Waals surface area contributed by atoms with Crippen molar-refractivity contribution in [3.63, 3.8) is 0 Å². The van der Waals surface area contributed by atoms with Crippen molar-refractivity contribution in [3.05, 3.63) is 82.8 Å². The molecule has 0 radical (unpaired) electrons. The number of nitrogens with one attached hydrogen (secondary N) is 1. The summed E-state index contributed by atoms with van der Waals surface area (Å²) in [5.74, 6) is 0.783. The van der Waals surface area contributed by atoms with E-state index in [-0.39, 0.29) is 47.8 Å². The minimum atomic E-state index is -0.376. The van der Waals surface area contributed by atoms with Gasteiger partial charge in [-0.2, -0.15) is 0 Å². The number of rotatable bonds is 8. The van der Waals surface area contributed by atoms with Gasteiger partial charge in [0, 0.05) is 19.0 Å². The van der Waals surface area contributed by atoms with Gasteiger partial charge in [0.2, 0.25) is 11.8 Å². The van der Waals surface area contributed by atoms with Crippen LogP contribution >= 0.6 is 0 Å². The van der Waals surface area contributed by atoms with Crippen molar-refractivity contribution >= 4 is 11.8 Å². The summed E-state index contributed by atoms with van der Waals surface area (Å²) >= 11 is 0. The smallest absolute Gasteiger partial charge is 0.273 e. The van der Waals surface area contributed by atoms with Crippen LogP contribution in [0.4, 0.5) is 4.39 Å². The number of nitrogens with zero attached hydrogens (tertiary/aromatic N) is 2. The van der Waals surface area contributed by atoms with Crippen molar-refractivity contribution in [3.8, 4) is 5.75 Å². The van der Waals surface area contributed by atoms with Crippen LogP contribution in [0.1, 0.15) is 65.8 Å². The Bertz CT molecular complexity index is 1270. The topological polar surface area (TPSA) is 84.7 Å². The summed E-state index contributed by atoms with van der Waals surface area (Å²) in [6, 6.07) is 11.9. The second-order valence-electron chi connectivity index (χ2n) is 9.89. The molecule has 1 saturated carbocycles. The third-order valence-corrected chi connectivity index (χ3v) is 6.54. The summed E-state index contributed by atoms with van der Waals surface area (Å²) in [6.45, 7) is 5.23. The molecule has 2 amide bonds. The number of benzene rings is 2. The van der Waals surface area contributed by atoms with E-state index in [9.17, 15) is 14.0 Å². The molecule has 1 N–H and O–H groups in total. The van der Waals surface area contributed by atoms with Crippen molar-refractivity contribution < 1.29 is 23.1 Å². The molecule has 1 aromatic heterocycles. The van der Waals surface area contributed by atoms with Crippen LogP contribution in [0.5, 0.6) is 5.75 Å². The lowest BCUT2D eigenvalue weighted by molar-refractivity contribution is -0.134. The van der Waals surface area contributed by atoms with Gasteiger partial charge in [0.1, 0.15) is 17.8 Å². The summed E-state index contributed by atoms with van der Waals surface area (Å²) in [5, 5.41) is 2.81. The SMILES string of the molecule is CC(C)CNC(=O)c1coc(COc2ccc3c(c2)[C@@H](c2cccc(F)c2)N(C(=O)C2CC2)CC3)n1. The lowest BCUT2D eigenvalue weighted by Crippen LogP contribution is -2.41. The van der Waals surface area contributed by atoms with Crippen molar-refractivity contribution in [1.82, 2.24) is 15.2 Å². The first-order valence-electron chi connectivity index (χ1n) is 12.4. The van der Waals surface area contributed by atoms with Crippen LogP contribution < -0.4 is 10.1 Å². The van der Waals surface area contributed by atoms with Crippen LogP contribution in [0, 0.1) is 17.7 Å². The summed E-state index contributed by atoms with van der Waals surface area (Å²) in [6.07, 6.45) is 3.88. The summed E-state index contributed by atoms with van der Waals surface area (Å²) in [7, 11) is 0. The highest BCUT2D eigenvalue weighted by Gasteiger charge is 2.39. The minimum Gasteiger partial charge on any atom is -0.484 e. The number of oxazole rings is 1. The highest BCUT2D eigenvalue weighted by molar-refractivity contribution is 5.91. The van der Waals surface area contributed by atoms with Gasteiger partial charge in [0.25, 0.3) is 5.91 Å². The lowest BCUT2D eigenvalue weighted by Gasteiger charge is -2.38. The van der Waals surface area contributed by atoms with Gasteiger partial charge in [-0.25, -0.2) is 9.37 Å². The number of carbonyl (C=O) groups is 2. The van der Waals surface area contributed by atoms with Crippen LogP contribution in [-0.4, -0.2) is 34.8 Å². The Hall–Kier alpha value is -3.68. The number of ether oxygens (including phenoxy) is 1. The molecule has 0 unspecified atom stereocenters. The number of aromatic nitrogens is 1. The van der Waals surface area contributed by atoms with E-state index in [2.05, 4.69) is 10.3 Å². The minimum absolute atomic E-state index is 0.0472. The quantitative estimate of drug-likeness (QED) is 0.495. The summed E-state index contributed by atoms with van der Waals surface area (Å²) in [5.41, 5.74) is 2.99. The van der Waals surface area contributed by atoms with Gasteiger partial charge in [-0.05, 0) is 66.1 Å². The van der Waals surface area contributed by atoms with Crippen molar-refractivity contribution in [2.75, 3.05) is 13.1 Å². The molecular weight excluding hydrogens is 461 g/mol. The van der Waals surface area contributed by atoms with E-state index in [0.717, 1.165) is 36.0 Å². The zero-order valence-corrected chi connectivity index (χ0v) is 20.5. The molecule has 8 heteroatoms. The Morgan fingerprint density at radius 1 is 1.22 bits per heavy atom. The molecule has 36 heavy (non-hydrogen) atoms. The molecule has 5 rings (SSSR count). The average Bonchev–Trinajstić information content (AvgIpc) is 3.62. The number of hydrogen-bond acceptors (Lipinski definition) is 5. The largest absolute Gasteiger partial charge is 0.484 e. The van der Waals surface area contributed by atoms with E-state index in [0.29, 0.717) is 24.8 Å². The molecule has 1 aliphatic carbocycles. The summed E-state index contributed by atoms with van der Waals surface area (Å²) < 4.78 is 25.5. The van der Waals surface area contributed by atoms with Gasteiger partial charge >= 0.3 is 0 Å². The van der Waals surface area contributed by atoms with E-state index in [1.54, 1.807) is 6.07 Å². The first-order valence-corrected chi connectivity index (χ1v) is 12.4. The highest BCUT2D eigenvalue weighted by Crippen LogP contribution is 2.41. The summed E-state index contributed by atoms with van der Waals surface area (Å²) in [4.78, 5) is 31.4. The normalized spacial score (nSPS) is 17.1. The second-order valence-corrected chi connectivity index (χ2v) is 9.89. The van der Waals surface area contributed by atoms with E-state index in [4.69, 9.17) is 9.15 Å². The Kier molecular flexibility index (Phi) is 6.76. The fourth-order valence-corrected chi connectivity index (χ4v) is 4.54. The van der Waals surface area contributed by atoms with Crippen LogP contribution in [0.15, 0.2) is 53.1 Å². The van der Waals surface area contributed by atoms with Gasteiger partial charge in [0.05, 0.1) is 6.04 Å². The van der Waals surface area contributed by atoms with Crippen molar-refractivity contribution in [2.45, 2.75) is 45.8 Å². The Morgan fingerprint density at radius 3 is 2.81 bits per heavy atom. The third-order valence-electron chi connectivity index (χ3n) is 6.54. The third kappa shape index (κ3) is 5.27. The number of fused-ring (bicyclic) bond motifs is 1. The van der Waals surface area contributed by atoms with Crippen LogP contribution in [0.25, 0.3) is 0 Å². The van der Waals surface area contributed by atoms with Gasteiger partial charge < -0.3 is 19.4 Å². The first kappa shape index (κ1) is 24.0. The fraction of sp³-hybridized carbons (Fsp3) is 0.393. The highest BCUT2D eigenvalue weighted by atomic mass is 19.1. The van der Waals surface area contributed by atoms with Crippen LogP contribution in [0.3, 0.4) is 0 Å². The van der Waals surface area contributed by atoms with Crippen LogP contribution in [-0.2, 0) is 17.8 Å². The molecular formula is C28H30FN3O4. The molecule has 0 spiro atoms. The lowest BCUT2D eigenvalue weighted by atomic mass is 9.87. The number of carbonyl (C=O) groups excluding carboxylic acids is 2. The number of halogens is 1. The molecule has 3 aromatic rings. The maximum absolute atomic E-state index is 14.2. The first-order chi connectivity index (χ1) is 17.4. The van der Waals surface area contributed by atoms with Crippen molar-refractivity contribution in [1.29, 1.82) is 0 Å². The molecule has 1 fully saturated rings. The van der Waals surface area contributed by atoms with Gasteiger partial charge in [-0.15, -0.1) is 0 Å². The van der Waals surface area contributed by atoms with Crippen LogP contribution in [0.2, 0.25) is 0 Å². The molecule has 0 bridgehead atoms. The maximum Gasteiger partial charge on any atom is 0.273 e. The Morgan fingerprint density at radius 2 is 2.06 bits per heavy atom. The molecule has 2 heterocycles. The molecule has 0 saturated heterocycles. The van der Waals surface area contributed by atoms with Gasteiger partial charge in [-0.3, -0.25) is 9.59 Å². The maximum atomic E-state index is 14.2. The average molecular weight is 492 g/mol. The molecule has 7 nitrogen and oxygen atoms in total. The van der Waals surface area contributed by atoms with E-state index < -0.39 is 0 Å². The molecule has 188 valence electrons. The molecule has 1 aliphatic heterocycles. The zero-order chi connectivity index (χ0) is 25.2. The van der Waals surface area contributed by atoms with E-state index in [1.165, 1.54) is 18.4 Å². The van der Waals surface area contributed by atoms with Gasteiger partial charge in [-0.1, -0.05) is 32.0 Å². The fourth-order valence-electron chi connectivity index (χ4n) is 4.54. The standard InChI is InChI=1S/C28H30FN3O4/c1-17(2)14-30-27(33)24-15-36-25(31-24)16-35-22-9-8-18-10-11-32(28(34)19-6-7-19)26(23(18)13-22)20-4-3-5-21(29)12-20/h3-5,8-9,12-13,15,17,19,26H,6-7,10-11,14,16H2,1-2H3,(H,30,33)/t26-/m1/s1. The Labute approximate surface area is 209 Å². The molecule has 1 atom stereocenters. The predicted octanol–water partition coefficient (Wildman–Crippen LogP) is 4.66. The monoisotopic (exact) mass is 491 g/mol. The molecule has 2 aliphatic rings. The second kappa shape index (κ2) is 10.1. The molecule has 2 aromatic carbocycles. The Balaban J connectivity index is 1.35.